The van der Waals surface area contributed by atoms with E-state index in [4.69, 9.17) is 10.5 Å². The number of halogens is 1. The van der Waals surface area contributed by atoms with E-state index in [1.807, 2.05) is 14.1 Å². The number of carbonyl (C=O) groups is 1. The highest BCUT2D eigenvalue weighted by Crippen LogP contribution is 2.36. The first-order valence-electron chi connectivity index (χ1n) is 9.68. The lowest BCUT2D eigenvalue weighted by Gasteiger charge is -2.23. The zero-order chi connectivity index (χ0) is 22.9. The van der Waals surface area contributed by atoms with Crippen LogP contribution < -0.4 is 16.0 Å². The second-order valence-electron chi connectivity index (χ2n) is 7.86. The molecule has 2 unspecified atom stereocenters. The molecule has 0 saturated carbocycles. The van der Waals surface area contributed by atoms with Gasteiger partial charge in [0.25, 0.3) is 0 Å². The molecule has 1 aliphatic rings. The fraction of sp³-hybridized carbons (Fsp3) is 0.647. The number of aliphatic hydroxyl groups is 2. The summed E-state index contributed by atoms with van der Waals surface area (Å²) in [5.74, 6) is -0.0317. The summed E-state index contributed by atoms with van der Waals surface area (Å²) < 4.78 is 18.7. The molecule has 0 aliphatic carbocycles. The number of nitrogens with zero attached hydrogens (tertiary/aromatic N) is 5. The molecule has 6 N–H and O–H groups in total. The molecular formula is C17H29ClN7O6P. The molecule has 6 atom stereocenters. The predicted molar refractivity (Wildman–Crippen MR) is 119 cm³/mol. The first-order chi connectivity index (χ1) is 14.5. The summed E-state index contributed by atoms with van der Waals surface area (Å²) in [6, 6.07) is -2.00. The number of fused-ring (bicyclic) bond motifs is 1. The van der Waals surface area contributed by atoms with Crippen LogP contribution in [-0.2, 0) is 14.1 Å². The lowest BCUT2D eigenvalue weighted by molar-refractivity contribution is -0.124. The van der Waals surface area contributed by atoms with E-state index in [0.717, 1.165) is 0 Å². The Hall–Kier alpha value is -1.86. The van der Waals surface area contributed by atoms with Crippen LogP contribution in [0.15, 0.2) is 12.7 Å². The number of aliphatic hydroxyl groups excluding tert-OH is 2. The Labute approximate surface area is 190 Å². The number of anilines is 1. The number of hydrogen-bond acceptors (Lipinski definition) is 10. The molecule has 0 aromatic carbocycles. The molecule has 0 bridgehead atoms. The average molecular weight is 494 g/mol. The van der Waals surface area contributed by atoms with Crippen molar-refractivity contribution in [1.29, 1.82) is 0 Å². The van der Waals surface area contributed by atoms with Crippen molar-refractivity contribution < 1.29 is 29.2 Å². The van der Waals surface area contributed by atoms with E-state index in [2.05, 4.69) is 20.3 Å². The first kappa shape index (κ1) is 26.4. The molecule has 32 heavy (non-hydrogen) atoms. The molecule has 3 rings (SSSR count). The van der Waals surface area contributed by atoms with E-state index < -0.39 is 50.4 Å². The van der Waals surface area contributed by atoms with Crippen molar-refractivity contribution >= 4 is 42.7 Å². The lowest BCUT2D eigenvalue weighted by atomic mass is 10.1. The fourth-order valence-corrected chi connectivity index (χ4v) is 4.20. The number of carbonyl (C=O) groups excluding carboxylic acids is 1. The third-order valence-corrected chi connectivity index (χ3v) is 6.18. The molecule has 0 spiro atoms. The summed E-state index contributed by atoms with van der Waals surface area (Å²) in [4.78, 5) is 36.3. The highest BCUT2D eigenvalue weighted by Gasteiger charge is 2.46. The number of hydrogen-bond donors (Lipinski definition) is 5. The van der Waals surface area contributed by atoms with Gasteiger partial charge in [0.05, 0.1) is 25.0 Å². The van der Waals surface area contributed by atoms with Gasteiger partial charge >= 0.3 is 0 Å². The first-order valence-corrected chi connectivity index (χ1v) is 12.0. The van der Waals surface area contributed by atoms with E-state index >= 15 is 0 Å². The van der Waals surface area contributed by atoms with Gasteiger partial charge in [0, 0.05) is 26.9 Å². The number of nitrogens with two attached hydrogens (primary N) is 1. The van der Waals surface area contributed by atoms with E-state index in [9.17, 15) is 24.5 Å². The number of imidazole rings is 1. The Bertz CT molecular complexity index is 985. The molecule has 0 radical (unpaired) electrons. The molecule has 1 amide bonds. The summed E-state index contributed by atoms with van der Waals surface area (Å²) in [5, 5.41) is 23.2. The minimum atomic E-state index is -3.30. The molecule has 180 valence electrons. The van der Waals surface area contributed by atoms with Gasteiger partial charge in [0.2, 0.25) is 5.91 Å². The third-order valence-electron chi connectivity index (χ3n) is 5.09. The monoisotopic (exact) mass is 493 g/mol. The van der Waals surface area contributed by atoms with Gasteiger partial charge in [-0.2, -0.15) is 0 Å². The maximum Gasteiger partial charge on any atom is 0.237 e. The molecule has 15 heteroatoms. The van der Waals surface area contributed by atoms with Gasteiger partial charge in [0.1, 0.15) is 18.5 Å². The van der Waals surface area contributed by atoms with Crippen molar-refractivity contribution in [1.82, 2.24) is 24.8 Å². The summed E-state index contributed by atoms with van der Waals surface area (Å²) in [7, 11) is 0.321. The average Bonchev–Trinajstić information content (AvgIpc) is 3.26. The third kappa shape index (κ3) is 5.54. The van der Waals surface area contributed by atoms with Crippen molar-refractivity contribution in [3.05, 3.63) is 12.7 Å². The van der Waals surface area contributed by atoms with Crippen LogP contribution in [0.3, 0.4) is 0 Å². The fourth-order valence-electron chi connectivity index (χ4n) is 3.44. The van der Waals surface area contributed by atoms with Crippen LogP contribution in [0.25, 0.3) is 11.2 Å². The molecular weight excluding hydrogens is 465 g/mol. The SMILES string of the molecule is CN(C)c1ncnc2c1ncn2[C@@H]1O[C@H](CO)[C@@H](NC(=O)C(N)CCP(C)(=O)O)[C@H]1O.Cl. The number of ether oxygens (including phenoxy) is 1. The van der Waals surface area contributed by atoms with Gasteiger partial charge in [-0.1, -0.05) is 0 Å². The normalized spacial score (nSPS) is 25.7. The Balaban J connectivity index is 0.00000363. The standard InChI is InChI=1S/C17H28N7O6P.ClH/c1-23(2)14-12-15(20-7-19-14)24(8-21-12)17-13(26)11(10(6-25)30-17)22-16(27)9(18)4-5-31(3,28)29;/h7-11,13,17,25-26H,4-6,18H2,1-3H3,(H,22,27)(H,28,29);1H/t9?,10-,11-,13-,17-;/m1./s1. The van der Waals surface area contributed by atoms with Crippen LogP contribution in [-0.4, -0.2) is 98.4 Å². The Morgan fingerprint density at radius 1 is 1.41 bits per heavy atom. The van der Waals surface area contributed by atoms with E-state index in [1.54, 1.807) is 4.90 Å². The Morgan fingerprint density at radius 2 is 2.09 bits per heavy atom. The number of rotatable bonds is 8. The van der Waals surface area contributed by atoms with Crippen molar-refractivity contribution in [3.8, 4) is 0 Å². The molecule has 3 heterocycles. The van der Waals surface area contributed by atoms with E-state index in [-0.39, 0.29) is 25.0 Å². The molecule has 13 nitrogen and oxygen atoms in total. The number of aromatic nitrogens is 4. The van der Waals surface area contributed by atoms with Crippen molar-refractivity contribution in [2.24, 2.45) is 5.73 Å². The van der Waals surface area contributed by atoms with Gasteiger partial charge in [-0.15, -0.1) is 12.4 Å². The highest BCUT2D eigenvalue weighted by molar-refractivity contribution is 7.57. The topological polar surface area (TPSA) is 189 Å². The van der Waals surface area contributed by atoms with Gasteiger partial charge in [-0.3, -0.25) is 13.9 Å². The van der Waals surface area contributed by atoms with Crippen molar-refractivity contribution in [2.75, 3.05) is 38.4 Å². The minimum absolute atomic E-state index is 0. The minimum Gasteiger partial charge on any atom is -0.394 e. The van der Waals surface area contributed by atoms with Crippen LogP contribution in [0.5, 0.6) is 0 Å². The molecule has 1 fully saturated rings. The second-order valence-corrected chi connectivity index (χ2v) is 10.4. The van der Waals surface area contributed by atoms with Crippen LogP contribution in [0, 0.1) is 0 Å². The summed E-state index contributed by atoms with van der Waals surface area (Å²) in [5.41, 5.74) is 6.74. The molecule has 2 aromatic heterocycles. The van der Waals surface area contributed by atoms with Gasteiger partial charge in [-0.25, -0.2) is 15.0 Å². The summed E-state index contributed by atoms with van der Waals surface area (Å²) >= 11 is 0. The zero-order valence-corrected chi connectivity index (χ0v) is 19.6. The maximum absolute atomic E-state index is 12.4. The summed E-state index contributed by atoms with van der Waals surface area (Å²) in [6.07, 6.45) is -0.397. The highest BCUT2D eigenvalue weighted by atomic mass is 35.5. The van der Waals surface area contributed by atoms with Crippen LogP contribution in [0.4, 0.5) is 5.82 Å². The van der Waals surface area contributed by atoms with E-state index in [0.29, 0.717) is 17.0 Å². The molecule has 1 saturated heterocycles. The van der Waals surface area contributed by atoms with E-state index in [1.165, 1.54) is 23.9 Å². The number of nitrogens with one attached hydrogen (secondary N) is 1. The van der Waals surface area contributed by atoms with Crippen LogP contribution >= 0.6 is 19.8 Å². The largest absolute Gasteiger partial charge is 0.394 e. The molecule has 1 aliphatic heterocycles. The van der Waals surface area contributed by atoms with Gasteiger partial charge < -0.3 is 35.8 Å². The number of amides is 1. The second kappa shape index (κ2) is 10.4. The van der Waals surface area contributed by atoms with Crippen LogP contribution in [0.1, 0.15) is 12.6 Å². The van der Waals surface area contributed by atoms with Crippen LogP contribution in [0.2, 0.25) is 0 Å². The Kier molecular flexibility index (Phi) is 8.56. The maximum atomic E-state index is 12.4. The van der Waals surface area contributed by atoms with Gasteiger partial charge in [0.15, 0.2) is 30.6 Å². The van der Waals surface area contributed by atoms with Gasteiger partial charge in [-0.05, 0) is 6.42 Å². The zero-order valence-electron chi connectivity index (χ0n) is 17.9. The Morgan fingerprint density at radius 3 is 2.69 bits per heavy atom. The smallest absolute Gasteiger partial charge is 0.237 e. The lowest BCUT2D eigenvalue weighted by Crippen LogP contribution is -2.53. The quantitative estimate of drug-likeness (QED) is 0.274. The van der Waals surface area contributed by atoms with Crippen molar-refractivity contribution in [3.63, 3.8) is 0 Å². The van der Waals surface area contributed by atoms with Crippen molar-refractivity contribution in [2.45, 2.75) is 36.9 Å². The summed E-state index contributed by atoms with van der Waals surface area (Å²) in [6.45, 7) is 0.735. The molecule has 2 aromatic rings. The predicted octanol–water partition coefficient (Wildman–Crippen LogP) is -1.33.